The van der Waals surface area contributed by atoms with Gasteiger partial charge in [0.2, 0.25) is 30.1 Å². The molecule has 366 valence electrons. The molecule has 0 bridgehead atoms. The van der Waals surface area contributed by atoms with Crippen molar-refractivity contribution >= 4 is 65.0 Å². The fraction of sp³-hybridized carbons (Fsp3) is 0.522. The molecule has 3 aliphatic heterocycles. The third-order valence-electron chi connectivity index (χ3n) is 12.0. The van der Waals surface area contributed by atoms with E-state index in [1.807, 2.05) is 13.8 Å². The monoisotopic (exact) mass is 984 g/mol. The average molecular weight is 985 g/mol. The maximum atomic E-state index is 16.5. The van der Waals surface area contributed by atoms with Crippen LogP contribution in [0.1, 0.15) is 87.7 Å². The van der Waals surface area contributed by atoms with Gasteiger partial charge in [-0.3, -0.25) is 37.9 Å². The largest absolute Gasteiger partial charge is 0.510 e. The molecule has 0 radical (unpaired) electrons. The predicted octanol–water partition coefficient (Wildman–Crippen LogP) is 6.10. The van der Waals surface area contributed by atoms with Crippen LogP contribution in [0.15, 0.2) is 59.5 Å². The summed E-state index contributed by atoms with van der Waals surface area (Å²) in [4.78, 5) is 99.0. The van der Waals surface area contributed by atoms with E-state index in [9.17, 15) is 43.4 Å². The molecule has 0 aliphatic carbocycles. The Balaban J connectivity index is 1.22. The van der Waals surface area contributed by atoms with Gasteiger partial charge in [0, 0.05) is 80.6 Å². The van der Waals surface area contributed by atoms with Crippen molar-refractivity contribution in [3.05, 3.63) is 81.8 Å². The number of carbonyl (C=O) groups excluding carboxylic acids is 6. The first-order valence-corrected chi connectivity index (χ1v) is 24.8. The number of nitrogens with zero attached hydrogens (tertiary/aromatic N) is 4. The van der Waals surface area contributed by atoms with Crippen molar-refractivity contribution in [2.75, 3.05) is 45.3 Å². The Hall–Kier alpha value is -5.68. The van der Waals surface area contributed by atoms with Gasteiger partial charge in [0.25, 0.3) is 5.91 Å². The number of carbonyl (C=O) groups is 6. The van der Waals surface area contributed by atoms with E-state index in [0.29, 0.717) is 30.2 Å². The number of nitrogens with one attached hydrogen (secondary N) is 2. The Morgan fingerprint density at radius 2 is 1.71 bits per heavy atom. The van der Waals surface area contributed by atoms with Gasteiger partial charge in [-0.25, -0.2) is 4.79 Å². The van der Waals surface area contributed by atoms with Gasteiger partial charge in [0.15, 0.2) is 5.12 Å². The molecule has 2 unspecified atom stereocenters. The van der Waals surface area contributed by atoms with Crippen LogP contribution in [0.25, 0.3) is 10.8 Å². The minimum absolute atomic E-state index is 0.0485. The summed E-state index contributed by atoms with van der Waals surface area (Å²) < 4.78 is 66.7. The summed E-state index contributed by atoms with van der Waals surface area (Å²) in [6, 6.07) is 10.1. The lowest BCUT2D eigenvalue weighted by Crippen LogP contribution is -2.61. The van der Waals surface area contributed by atoms with Gasteiger partial charge < -0.3 is 39.0 Å². The zero-order chi connectivity index (χ0) is 49.5. The van der Waals surface area contributed by atoms with E-state index >= 15 is 8.78 Å². The molecular formula is C46H55F2N6O12PS. The molecule has 3 aromatic rings. The van der Waals surface area contributed by atoms with Crippen LogP contribution >= 0.6 is 19.4 Å². The lowest BCUT2D eigenvalue weighted by atomic mass is 9.91. The molecule has 4 amide bonds. The van der Waals surface area contributed by atoms with Gasteiger partial charge in [-0.15, -0.1) is 0 Å². The molecule has 3 aliphatic rings. The van der Waals surface area contributed by atoms with Crippen molar-refractivity contribution in [3.8, 4) is 6.07 Å². The molecule has 2 aromatic carbocycles. The number of nitriles is 1. The molecule has 18 nitrogen and oxygen atoms in total. The minimum Gasteiger partial charge on any atom is -0.432 e. The molecule has 0 spiro atoms. The average Bonchev–Trinajstić information content (AvgIpc) is 3.91. The number of likely N-dealkylation sites (tertiary alicyclic amines) is 1. The third kappa shape index (κ3) is 12.1. The Bertz CT molecular complexity index is 2550. The normalized spacial score (nSPS) is 21.7. The van der Waals surface area contributed by atoms with Crippen molar-refractivity contribution < 1.29 is 60.6 Å². The minimum atomic E-state index is -5.53. The summed E-state index contributed by atoms with van der Waals surface area (Å²) in [5, 5.41) is 13.0. The maximum absolute atomic E-state index is 16.5. The molecule has 68 heavy (non-hydrogen) atoms. The molecule has 3 fully saturated rings. The van der Waals surface area contributed by atoms with E-state index < -0.39 is 86.3 Å². The number of pyridine rings is 1. The van der Waals surface area contributed by atoms with E-state index in [1.54, 1.807) is 6.07 Å². The topological polar surface area (TPSA) is 235 Å². The van der Waals surface area contributed by atoms with E-state index in [0.717, 1.165) is 23.9 Å². The molecule has 2 N–H and O–H groups in total. The van der Waals surface area contributed by atoms with Crippen LogP contribution in [0.2, 0.25) is 0 Å². The first-order valence-electron chi connectivity index (χ1n) is 22.3. The van der Waals surface area contributed by atoms with E-state index in [1.165, 1.54) is 72.0 Å². The Morgan fingerprint density at radius 1 is 0.956 bits per heavy atom. The van der Waals surface area contributed by atoms with Crippen LogP contribution in [0.5, 0.6) is 0 Å². The number of hydrogen-bond acceptors (Lipinski definition) is 14. The van der Waals surface area contributed by atoms with Crippen molar-refractivity contribution in [3.63, 3.8) is 0 Å². The molecule has 1 aromatic heterocycles. The molecule has 6 atom stereocenters. The highest BCUT2D eigenvalue weighted by Crippen LogP contribution is 2.67. The Kier molecular flexibility index (Phi) is 16.9. The number of alkyl halides is 2. The van der Waals surface area contributed by atoms with Crippen LogP contribution in [0, 0.1) is 23.2 Å². The molecule has 4 heterocycles. The number of H-pyrrole nitrogens is 1. The Morgan fingerprint density at radius 3 is 2.40 bits per heavy atom. The fourth-order valence-corrected chi connectivity index (χ4v) is 11.0. The number of ether oxygens (including phenoxy) is 2. The molecule has 6 rings (SSSR count). The molecule has 0 saturated carbocycles. The lowest BCUT2D eigenvalue weighted by molar-refractivity contribution is -0.148. The lowest BCUT2D eigenvalue weighted by Gasteiger charge is -2.39. The zero-order valence-corrected chi connectivity index (χ0v) is 40.0. The van der Waals surface area contributed by atoms with Crippen molar-refractivity contribution in [1.29, 1.82) is 5.26 Å². The number of halogens is 2. The second kappa shape index (κ2) is 22.2. The maximum Gasteiger partial charge on any atom is 0.510 e. The van der Waals surface area contributed by atoms with Crippen LogP contribution in [0.3, 0.4) is 0 Å². The number of aromatic nitrogens is 1. The molecule has 22 heteroatoms. The highest BCUT2D eigenvalue weighted by Gasteiger charge is 2.56. The summed E-state index contributed by atoms with van der Waals surface area (Å²) in [6.07, 6.45) is 0.939. The van der Waals surface area contributed by atoms with Gasteiger partial charge >= 0.3 is 19.4 Å². The number of thioether (sulfide) groups is 1. The van der Waals surface area contributed by atoms with Crippen LogP contribution in [-0.2, 0) is 47.9 Å². The predicted molar refractivity (Wildman–Crippen MR) is 244 cm³/mol. The number of fused-ring (bicyclic) bond motifs is 2. The van der Waals surface area contributed by atoms with Gasteiger partial charge in [0.05, 0.1) is 24.7 Å². The summed E-state index contributed by atoms with van der Waals surface area (Å²) in [7, 11) is -5.53. The van der Waals surface area contributed by atoms with Gasteiger partial charge in [-0.05, 0) is 79.6 Å². The van der Waals surface area contributed by atoms with Gasteiger partial charge in [0.1, 0.15) is 12.1 Å². The number of benzene rings is 2. The third-order valence-corrected chi connectivity index (χ3v) is 14.7. The first-order chi connectivity index (χ1) is 32.2. The highest BCUT2D eigenvalue weighted by atomic mass is 32.2. The standard InChI is InChI=1S/C46H55F2N6O12PS/c1-27(2)18-41(57)68-17-16-64-67(62,65-26-63-45(61)66-28(3)4)46(47,48)35-9-8-30-6-7-32(19-33(30)20-35)42(58)51-38-25-52(29(5)55)15-13-36-10-11-39(54(36)43(38)59)44(60)53-23-34(22-49)37(24-53)31-12-14-50-40(56)21-31/h6-9,12,14,19-21,27-28,34,36-39H,10-11,13,15-18,23-26H2,1-5H3,(H,50,56)(H,51,58)/t34-,36+,37+,38?,39-,67?/m0/s1. The summed E-state index contributed by atoms with van der Waals surface area (Å²) in [5.74, 6) is -3.23. The van der Waals surface area contributed by atoms with Crippen LogP contribution in [0.4, 0.5) is 13.6 Å². The van der Waals surface area contributed by atoms with E-state index in [4.69, 9.17) is 18.5 Å². The highest BCUT2D eigenvalue weighted by molar-refractivity contribution is 8.13. The molecular weight excluding hydrogens is 930 g/mol. The van der Waals surface area contributed by atoms with Crippen molar-refractivity contribution in [1.82, 2.24) is 25.0 Å². The zero-order valence-electron chi connectivity index (χ0n) is 38.3. The van der Waals surface area contributed by atoms with Crippen molar-refractivity contribution in [2.45, 2.75) is 96.1 Å². The number of aromatic amines is 1. The second-order valence-electron chi connectivity index (χ2n) is 17.6. The number of hydrogen-bond donors (Lipinski definition) is 2. The Labute approximate surface area is 395 Å². The quantitative estimate of drug-likeness (QED) is 0.0714. The second-order valence-corrected chi connectivity index (χ2v) is 20.8. The van der Waals surface area contributed by atoms with E-state index in [2.05, 4.69) is 16.4 Å². The molecule has 3 saturated heterocycles. The summed E-state index contributed by atoms with van der Waals surface area (Å²) in [5.41, 5.74) is -5.00. The van der Waals surface area contributed by atoms with Gasteiger partial charge in [-0.1, -0.05) is 43.8 Å². The first kappa shape index (κ1) is 51.7. The number of amides is 4. The van der Waals surface area contributed by atoms with Gasteiger partial charge in [-0.2, -0.15) is 14.0 Å². The van der Waals surface area contributed by atoms with Crippen LogP contribution < -0.4 is 10.9 Å². The smallest absolute Gasteiger partial charge is 0.432 e. The summed E-state index contributed by atoms with van der Waals surface area (Å²) in [6.45, 7) is 6.49. The van der Waals surface area contributed by atoms with Crippen LogP contribution in [-0.4, -0.2) is 124 Å². The SMILES string of the molecule is CC(=O)N1CC[C@H]2CC[C@@H](C(=O)N3C[C@H](c4cc[nH]c(=O)c4)[C@@H](C#N)C3)N2C(=O)C(NC(=O)c2ccc3ccc(C(F)(F)P(=O)(OCCSC(=O)CC(C)C)OCOC(=O)OC(C)C)cc3c2)C1. The van der Waals surface area contributed by atoms with Crippen molar-refractivity contribution in [2.24, 2.45) is 11.8 Å². The van der Waals surface area contributed by atoms with E-state index in [-0.39, 0.29) is 77.7 Å². The fourth-order valence-electron chi connectivity index (χ4n) is 8.61. The number of rotatable bonds is 16. The summed E-state index contributed by atoms with van der Waals surface area (Å²) >= 11 is 0.814.